The van der Waals surface area contributed by atoms with E-state index in [9.17, 15) is 4.79 Å². The number of nitrogens with zero attached hydrogens (tertiary/aromatic N) is 2. The highest BCUT2D eigenvalue weighted by atomic mass is 16.3. The zero-order valence-corrected chi connectivity index (χ0v) is 12.8. The lowest BCUT2D eigenvalue weighted by molar-refractivity contribution is 0.102. The van der Waals surface area contributed by atoms with E-state index in [0.29, 0.717) is 5.56 Å². The Morgan fingerprint density at radius 3 is 2.70 bits per heavy atom. The minimum Gasteiger partial charge on any atom is -0.456 e. The Morgan fingerprint density at radius 2 is 1.91 bits per heavy atom. The van der Waals surface area contributed by atoms with Gasteiger partial charge in [0.1, 0.15) is 11.2 Å². The van der Waals surface area contributed by atoms with E-state index in [2.05, 4.69) is 10.4 Å². The van der Waals surface area contributed by atoms with Crippen molar-refractivity contribution in [3.8, 4) is 0 Å². The number of benzene rings is 2. The van der Waals surface area contributed by atoms with Crippen LogP contribution in [0.5, 0.6) is 0 Å². The summed E-state index contributed by atoms with van der Waals surface area (Å²) in [7, 11) is 1.82. The summed E-state index contributed by atoms with van der Waals surface area (Å²) in [5.41, 5.74) is 3.79. The van der Waals surface area contributed by atoms with Crippen molar-refractivity contribution in [1.29, 1.82) is 0 Å². The maximum atomic E-state index is 12.4. The van der Waals surface area contributed by atoms with Crippen LogP contribution in [0.3, 0.4) is 0 Å². The minimum atomic E-state index is -0.164. The fourth-order valence-electron chi connectivity index (χ4n) is 2.72. The highest BCUT2D eigenvalue weighted by Gasteiger charge is 2.14. The second kappa shape index (κ2) is 4.98. The Morgan fingerprint density at radius 1 is 1.13 bits per heavy atom. The topological polar surface area (TPSA) is 60.1 Å². The number of nitrogens with one attached hydrogen (secondary N) is 1. The third-order valence-corrected chi connectivity index (χ3v) is 4.11. The molecule has 2 aromatic carbocycles. The van der Waals surface area contributed by atoms with Gasteiger partial charge in [-0.25, -0.2) is 0 Å². The molecule has 2 heterocycles. The number of para-hydroxylation sites is 1. The van der Waals surface area contributed by atoms with Gasteiger partial charge in [-0.3, -0.25) is 9.48 Å². The van der Waals surface area contributed by atoms with Crippen LogP contribution in [0, 0.1) is 6.92 Å². The van der Waals surface area contributed by atoms with Gasteiger partial charge in [-0.15, -0.1) is 0 Å². The highest BCUT2D eigenvalue weighted by molar-refractivity contribution is 6.09. The Labute approximate surface area is 132 Å². The summed E-state index contributed by atoms with van der Waals surface area (Å²) in [4.78, 5) is 12.4. The minimum absolute atomic E-state index is 0.164. The zero-order valence-electron chi connectivity index (χ0n) is 12.8. The molecule has 4 rings (SSSR count). The monoisotopic (exact) mass is 305 g/mol. The van der Waals surface area contributed by atoms with Crippen molar-refractivity contribution in [3.05, 3.63) is 59.9 Å². The Balaban J connectivity index is 1.73. The molecule has 5 heteroatoms. The molecule has 2 aromatic heterocycles. The van der Waals surface area contributed by atoms with Crippen LogP contribution in [0.15, 0.2) is 53.1 Å². The molecule has 0 aliphatic carbocycles. The number of fused-ring (bicyclic) bond motifs is 3. The standard InChI is InChI=1S/C18H15N3O2/c1-11-15(10-19-21(11)2)18(22)20-12-7-8-17-14(9-12)13-5-3-4-6-16(13)23-17/h3-10H,1-2H3,(H,20,22). The lowest BCUT2D eigenvalue weighted by Crippen LogP contribution is -2.12. The average molecular weight is 305 g/mol. The van der Waals surface area contributed by atoms with Crippen molar-refractivity contribution in [1.82, 2.24) is 9.78 Å². The summed E-state index contributed by atoms with van der Waals surface area (Å²) in [5.74, 6) is -0.164. The van der Waals surface area contributed by atoms with E-state index in [-0.39, 0.29) is 5.91 Å². The van der Waals surface area contributed by atoms with Crippen molar-refractivity contribution in [2.75, 3.05) is 5.32 Å². The maximum absolute atomic E-state index is 12.4. The van der Waals surface area contributed by atoms with Crippen LogP contribution in [0.2, 0.25) is 0 Å². The Bertz CT molecular complexity index is 1040. The van der Waals surface area contributed by atoms with Crippen molar-refractivity contribution >= 4 is 33.5 Å². The maximum Gasteiger partial charge on any atom is 0.259 e. The SMILES string of the molecule is Cc1c(C(=O)Nc2ccc3oc4ccccc4c3c2)cnn1C. The number of rotatable bonds is 2. The summed E-state index contributed by atoms with van der Waals surface area (Å²) < 4.78 is 7.48. The van der Waals surface area contributed by atoms with Gasteiger partial charge >= 0.3 is 0 Å². The molecule has 0 atom stereocenters. The molecule has 0 radical (unpaired) electrons. The molecule has 5 nitrogen and oxygen atoms in total. The first-order valence-electron chi connectivity index (χ1n) is 7.35. The van der Waals surface area contributed by atoms with Crippen molar-refractivity contribution in [2.24, 2.45) is 7.05 Å². The summed E-state index contributed by atoms with van der Waals surface area (Å²) in [6.45, 7) is 1.87. The van der Waals surface area contributed by atoms with E-state index in [1.807, 2.05) is 56.4 Å². The molecule has 1 amide bonds. The normalized spacial score (nSPS) is 11.2. The van der Waals surface area contributed by atoms with Crippen LogP contribution < -0.4 is 5.32 Å². The number of anilines is 1. The van der Waals surface area contributed by atoms with E-state index >= 15 is 0 Å². The van der Waals surface area contributed by atoms with E-state index in [1.165, 1.54) is 0 Å². The summed E-state index contributed by atoms with van der Waals surface area (Å²) in [6.07, 6.45) is 1.58. The van der Waals surface area contributed by atoms with Gasteiger partial charge in [0.25, 0.3) is 5.91 Å². The van der Waals surface area contributed by atoms with Crippen LogP contribution >= 0.6 is 0 Å². The molecule has 0 saturated heterocycles. The second-order valence-electron chi connectivity index (χ2n) is 5.53. The molecule has 0 fully saturated rings. The van der Waals surface area contributed by atoms with Gasteiger partial charge in [-0.05, 0) is 31.2 Å². The van der Waals surface area contributed by atoms with Gasteiger partial charge in [-0.1, -0.05) is 18.2 Å². The first-order valence-corrected chi connectivity index (χ1v) is 7.35. The number of hydrogen-bond acceptors (Lipinski definition) is 3. The van der Waals surface area contributed by atoms with Crippen molar-refractivity contribution in [2.45, 2.75) is 6.92 Å². The van der Waals surface area contributed by atoms with Crippen LogP contribution in [-0.4, -0.2) is 15.7 Å². The number of aryl methyl sites for hydroxylation is 1. The number of carbonyl (C=O) groups excluding carboxylic acids is 1. The van der Waals surface area contributed by atoms with E-state index in [4.69, 9.17) is 4.42 Å². The largest absolute Gasteiger partial charge is 0.456 e. The fourth-order valence-corrected chi connectivity index (χ4v) is 2.72. The molecule has 23 heavy (non-hydrogen) atoms. The van der Waals surface area contributed by atoms with E-state index < -0.39 is 0 Å². The summed E-state index contributed by atoms with van der Waals surface area (Å²) in [6, 6.07) is 13.5. The smallest absolute Gasteiger partial charge is 0.259 e. The van der Waals surface area contributed by atoms with Gasteiger partial charge in [0.2, 0.25) is 0 Å². The van der Waals surface area contributed by atoms with Gasteiger partial charge in [-0.2, -0.15) is 5.10 Å². The molecule has 1 N–H and O–H groups in total. The van der Waals surface area contributed by atoms with Gasteiger partial charge in [0.15, 0.2) is 0 Å². The molecule has 0 bridgehead atoms. The number of aromatic nitrogens is 2. The molecule has 0 spiro atoms. The van der Waals surface area contributed by atoms with E-state index in [0.717, 1.165) is 33.3 Å². The summed E-state index contributed by atoms with van der Waals surface area (Å²) >= 11 is 0. The quantitative estimate of drug-likeness (QED) is 0.611. The van der Waals surface area contributed by atoms with Crippen LogP contribution in [0.25, 0.3) is 21.9 Å². The Hall–Kier alpha value is -3.08. The lowest BCUT2D eigenvalue weighted by atomic mass is 10.1. The summed E-state index contributed by atoms with van der Waals surface area (Å²) in [5, 5.41) is 9.05. The van der Waals surface area contributed by atoms with Gasteiger partial charge in [0, 0.05) is 29.2 Å². The van der Waals surface area contributed by atoms with Gasteiger partial charge in [0.05, 0.1) is 11.8 Å². The van der Waals surface area contributed by atoms with Crippen molar-refractivity contribution in [3.63, 3.8) is 0 Å². The van der Waals surface area contributed by atoms with Gasteiger partial charge < -0.3 is 9.73 Å². The number of furan rings is 1. The third-order valence-electron chi connectivity index (χ3n) is 4.11. The average Bonchev–Trinajstić information content (AvgIpc) is 3.08. The van der Waals surface area contributed by atoms with Crippen molar-refractivity contribution < 1.29 is 9.21 Å². The first-order chi connectivity index (χ1) is 11.1. The molecule has 114 valence electrons. The third kappa shape index (κ3) is 2.17. The van der Waals surface area contributed by atoms with Crippen LogP contribution in [0.1, 0.15) is 16.1 Å². The number of carbonyl (C=O) groups is 1. The highest BCUT2D eigenvalue weighted by Crippen LogP contribution is 2.30. The molecule has 0 aliphatic rings. The van der Waals surface area contributed by atoms with Crippen LogP contribution in [0.4, 0.5) is 5.69 Å². The number of hydrogen-bond donors (Lipinski definition) is 1. The fraction of sp³-hybridized carbons (Fsp3) is 0.111. The first kappa shape index (κ1) is 13.6. The molecular formula is C18H15N3O2. The second-order valence-corrected chi connectivity index (χ2v) is 5.53. The molecule has 0 unspecified atom stereocenters. The molecule has 0 saturated carbocycles. The molecule has 0 aliphatic heterocycles. The molecule has 4 aromatic rings. The zero-order chi connectivity index (χ0) is 16.0. The Kier molecular flexibility index (Phi) is 2.94. The number of amides is 1. The predicted molar refractivity (Wildman–Crippen MR) is 89.6 cm³/mol. The molecular weight excluding hydrogens is 290 g/mol. The lowest BCUT2D eigenvalue weighted by Gasteiger charge is -2.05. The predicted octanol–water partition coefficient (Wildman–Crippen LogP) is 3.88. The van der Waals surface area contributed by atoms with E-state index in [1.54, 1.807) is 10.9 Å². The van der Waals surface area contributed by atoms with Crippen LogP contribution in [-0.2, 0) is 7.05 Å².